The first-order chi connectivity index (χ1) is 15.6. The maximum atomic E-state index is 13.1. The molecule has 1 saturated heterocycles. The number of aromatic nitrogens is 4. The summed E-state index contributed by atoms with van der Waals surface area (Å²) in [4.78, 5) is 15.5. The van der Waals surface area contributed by atoms with Crippen LogP contribution >= 0.6 is 23.4 Å². The van der Waals surface area contributed by atoms with Gasteiger partial charge in [-0.1, -0.05) is 47.6 Å². The molecular weight excluding hydrogens is 446 g/mol. The monoisotopic (exact) mass is 467 g/mol. The summed E-state index contributed by atoms with van der Waals surface area (Å²) in [5.74, 6) is 0.727. The molecule has 32 heavy (non-hydrogen) atoms. The normalized spacial score (nSPS) is 14.2. The number of hydrogen-bond acceptors (Lipinski definition) is 6. The molecule has 1 aliphatic heterocycles. The molecule has 1 fully saturated rings. The van der Waals surface area contributed by atoms with Crippen molar-refractivity contribution in [1.29, 1.82) is 0 Å². The van der Waals surface area contributed by atoms with Crippen molar-refractivity contribution in [1.82, 2.24) is 19.2 Å². The first kappa shape index (κ1) is 21.1. The average Bonchev–Trinajstić information content (AvgIpc) is 3.25. The van der Waals surface area contributed by atoms with E-state index < -0.39 is 0 Å². The second-order valence-electron chi connectivity index (χ2n) is 7.55. The number of para-hydroxylation sites is 1. The maximum Gasteiger partial charge on any atom is 0.300 e. The maximum absolute atomic E-state index is 13.1. The molecule has 0 unspecified atom stereocenters. The summed E-state index contributed by atoms with van der Waals surface area (Å²) in [5, 5.41) is 9.77. The van der Waals surface area contributed by atoms with Crippen molar-refractivity contribution in [3.05, 3.63) is 81.4 Å². The molecule has 0 saturated carbocycles. The molecule has 0 radical (unpaired) electrons. The van der Waals surface area contributed by atoms with E-state index in [2.05, 4.69) is 33.3 Å². The topological polar surface area (TPSA) is 64.7 Å². The number of hydrogen-bond donors (Lipinski definition) is 0. The summed E-state index contributed by atoms with van der Waals surface area (Å²) in [6.45, 7) is 5.16. The van der Waals surface area contributed by atoms with Crippen molar-refractivity contribution in [2.45, 2.75) is 17.8 Å². The quantitative estimate of drug-likeness (QED) is 0.414. The van der Waals surface area contributed by atoms with Crippen LogP contribution in [0.15, 0.2) is 64.8 Å². The largest absolute Gasteiger partial charge is 0.378 e. The fraction of sp³-hybridized carbons (Fsp3) is 0.261. The van der Waals surface area contributed by atoms with Gasteiger partial charge in [-0.2, -0.15) is 0 Å². The van der Waals surface area contributed by atoms with Gasteiger partial charge in [-0.3, -0.25) is 13.8 Å². The van der Waals surface area contributed by atoms with Crippen molar-refractivity contribution in [2.24, 2.45) is 0 Å². The highest BCUT2D eigenvalue weighted by Crippen LogP contribution is 2.29. The molecule has 0 spiro atoms. The number of nitrogens with zero attached hydrogens (tertiary/aromatic N) is 5. The van der Waals surface area contributed by atoms with Gasteiger partial charge in [0.2, 0.25) is 5.65 Å². The number of anilines is 1. The zero-order chi connectivity index (χ0) is 22.1. The molecule has 5 rings (SSSR count). The van der Waals surface area contributed by atoms with Crippen LogP contribution in [-0.2, 0) is 10.5 Å². The molecule has 0 amide bonds. The molecule has 4 aromatic rings. The third-order valence-corrected chi connectivity index (χ3v) is 7.04. The Balaban J connectivity index is 1.43. The summed E-state index contributed by atoms with van der Waals surface area (Å²) >= 11 is 7.81. The van der Waals surface area contributed by atoms with Gasteiger partial charge >= 0.3 is 5.56 Å². The zero-order valence-electron chi connectivity index (χ0n) is 17.6. The Morgan fingerprint density at radius 1 is 1.03 bits per heavy atom. The van der Waals surface area contributed by atoms with E-state index in [1.54, 1.807) is 26.9 Å². The van der Waals surface area contributed by atoms with Crippen LogP contribution in [0.4, 0.5) is 5.69 Å². The van der Waals surface area contributed by atoms with E-state index in [1.807, 2.05) is 37.4 Å². The zero-order valence-corrected chi connectivity index (χ0v) is 19.1. The van der Waals surface area contributed by atoms with E-state index >= 15 is 0 Å². The van der Waals surface area contributed by atoms with Gasteiger partial charge in [-0.05, 0) is 36.2 Å². The number of halogens is 1. The average molecular weight is 468 g/mol. The molecule has 164 valence electrons. The predicted octanol–water partition coefficient (Wildman–Crippen LogP) is 3.97. The predicted molar refractivity (Wildman–Crippen MR) is 127 cm³/mol. The second kappa shape index (κ2) is 8.97. The van der Waals surface area contributed by atoms with Gasteiger partial charge in [0.1, 0.15) is 0 Å². The molecule has 0 aliphatic carbocycles. The molecule has 1 aliphatic rings. The van der Waals surface area contributed by atoms with E-state index in [9.17, 15) is 4.79 Å². The lowest BCUT2D eigenvalue weighted by atomic mass is 10.1. The first-order valence-electron chi connectivity index (χ1n) is 10.4. The molecule has 2 aromatic carbocycles. The number of benzene rings is 2. The Morgan fingerprint density at radius 2 is 1.81 bits per heavy atom. The van der Waals surface area contributed by atoms with E-state index in [0.29, 0.717) is 10.2 Å². The smallest absolute Gasteiger partial charge is 0.300 e. The van der Waals surface area contributed by atoms with Crippen LogP contribution in [0.3, 0.4) is 0 Å². The lowest BCUT2D eigenvalue weighted by Crippen LogP contribution is -2.36. The van der Waals surface area contributed by atoms with Crippen LogP contribution in [0.2, 0.25) is 5.02 Å². The number of rotatable bonds is 5. The van der Waals surface area contributed by atoms with E-state index in [1.165, 1.54) is 11.3 Å². The van der Waals surface area contributed by atoms with E-state index in [4.69, 9.17) is 16.3 Å². The van der Waals surface area contributed by atoms with Gasteiger partial charge in [0.15, 0.2) is 5.16 Å². The molecule has 0 bridgehead atoms. The number of thioether (sulfide) groups is 1. The molecular formula is C23H22ClN5O2S. The molecule has 7 nitrogen and oxygen atoms in total. The summed E-state index contributed by atoms with van der Waals surface area (Å²) in [5.41, 5.74) is 4.08. The molecule has 9 heteroatoms. The summed E-state index contributed by atoms with van der Waals surface area (Å²) in [7, 11) is 0. The minimum absolute atomic E-state index is 0.231. The van der Waals surface area contributed by atoms with Crippen molar-refractivity contribution >= 4 is 34.7 Å². The van der Waals surface area contributed by atoms with Gasteiger partial charge < -0.3 is 9.64 Å². The van der Waals surface area contributed by atoms with Gasteiger partial charge in [0, 0.05) is 41.9 Å². The van der Waals surface area contributed by atoms with Crippen molar-refractivity contribution in [2.75, 3.05) is 31.2 Å². The number of morpholine rings is 1. The molecule has 0 atom stereocenters. The van der Waals surface area contributed by atoms with Crippen molar-refractivity contribution < 1.29 is 4.74 Å². The second-order valence-corrected chi connectivity index (χ2v) is 8.90. The van der Waals surface area contributed by atoms with Gasteiger partial charge in [-0.15, -0.1) is 10.2 Å². The third-order valence-electron chi connectivity index (χ3n) is 5.64. The lowest BCUT2D eigenvalue weighted by Gasteiger charge is -2.30. The van der Waals surface area contributed by atoms with Crippen molar-refractivity contribution in [3.8, 4) is 5.69 Å². The third kappa shape index (κ3) is 3.90. The summed E-state index contributed by atoms with van der Waals surface area (Å²) < 4.78 is 8.80. The Hall–Kier alpha value is -2.81. The van der Waals surface area contributed by atoms with Crippen LogP contribution in [0.1, 0.15) is 11.1 Å². The fourth-order valence-electron chi connectivity index (χ4n) is 3.90. The van der Waals surface area contributed by atoms with Crippen LogP contribution in [0.5, 0.6) is 0 Å². The highest BCUT2D eigenvalue weighted by molar-refractivity contribution is 7.98. The highest BCUT2D eigenvalue weighted by Gasteiger charge is 2.17. The van der Waals surface area contributed by atoms with Crippen LogP contribution in [-0.4, -0.2) is 45.5 Å². The Kier molecular flexibility index (Phi) is 5.91. The minimum Gasteiger partial charge on any atom is -0.378 e. The van der Waals surface area contributed by atoms with Crippen LogP contribution in [0, 0.1) is 6.92 Å². The SMILES string of the molecule is Cc1c(Cl)cccc1-n1ccn2c(SCc3ccccc3N3CCOCC3)nnc2c1=O. The fourth-order valence-corrected chi connectivity index (χ4v) is 4.98. The van der Waals surface area contributed by atoms with Crippen LogP contribution < -0.4 is 10.5 Å². The molecule has 2 aromatic heterocycles. The summed E-state index contributed by atoms with van der Waals surface area (Å²) in [6.07, 6.45) is 3.57. The van der Waals surface area contributed by atoms with E-state index in [-0.39, 0.29) is 11.2 Å². The first-order valence-corrected chi connectivity index (χ1v) is 11.7. The Labute approximate surface area is 194 Å². The van der Waals surface area contributed by atoms with E-state index in [0.717, 1.165) is 43.3 Å². The van der Waals surface area contributed by atoms with Crippen LogP contribution in [0.25, 0.3) is 11.3 Å². The molecule has 3 heterocycles. The van der Waals surface area contributed by atoms with Gasteiger partial charge in [0.25, 0.3) is 0 Å². The lowest BCUT2D eigenvalue weighted by molar-refractivity contribution is 0.122. The Bertz CT molecular complexity index is 1330. The summed E-state index contributed by atoms with van der Waals surface area (Å²) in [6, 6.07) is 13.9. The number of fused-ring (bicyclic) bond motifs is 1. The van der Waals surface area contributed by atoms with Gasteiger partial charge in [0.05, 0.1) is 18.9 Å². The standard InChI is InChI=1S/C23H22ClN5O2S/c1-16-18(24)6-4-8-19(16)28-9-10-29-21(22(28)30)25-26-23(29)32-15-17-5-2-3-7-20(17)27-11-13-31-14-12-27/h2-10H,11-15H2,1H3. The van der Waals surface area contributed by atoms with Crippen molar-refractivity contribution in [3.63, 3.8) is 0 Å². The number of ether oxygens (including phenoxy) is 1. The Morgan fingerprint density at radius 3 is 2.66 bits per heavy atom. The minimum atomic E-state index is -0.231. The molecule has 0 N–H and O–H groups in total. The highest BCUT2D eigenvalue weighted by atomic mass is 35.5. The van der Waals surface area contributed by atoms with Gasteiger partial charge in [-0.25, -0.2) is 0 Å².